The molecule has 0 saturated heterocycles. The number of nitrogens with zero attached hydrogens (tertiary/aromatic N) is 2. The molecular formula is C26H22N4O4S. The van der Waals surface area contributed by atoms with Crippen molar-refractivity contribution < 1.29 is 19.4 Å². The van der Waals surface area contributed by atoms with E-state index in [-0.39, 0.29) is 5.91 Å². The lowest BCUT2D eigenvalue weighted by Gasteiger charge is -2.06. The highest BCUT2D eigenvalue weighted by atomic mass is 32.1. The maximum Gasteiger partial charge on any atom is 0.341 e. The van der Waals surface area contributed by atoms with E-state index in [1.807, 2.05) is 48.7 Å². The Labute approximate surface area is 205 Å². The Morgan fingerprint density at radius 2 is 1.80 bits per heavy atom. The van der Waals surface area contributed by atoms with Crippen LogP contribution in [-0.2, 0) is 4.79 Å². The quantitative estimate of drug-likeness (QED) is 0.224. The van der Waals surface area contributed by atoms with Crippen molar-refractivity contribution in [1.82, 2.24) is 10.4 Å². The zero-order valence-electron chi connectivity index (χ0n) is 18.8. The summed E-state index contributed by atoms with van der Waals surface area (Å²) in [5.41, 5.74) is 7.32. The summed E-state index contributed by atoms with van der Waals surface area (Å²) >= 11 is 1.51. The van der Waals surface area contributed by atoms with Gasteiger partial charge in [0, 0.05) is 27.8 Å². The summed E-state index contributed by atoms with van der Waals surface area (Å²) in [7, 11) is 0. The molecule has 0 aliphatic rings. The molecule has 0 bridgehead atoms. The van der Waals surface area contributed by atoms with Gasteiger partial charge in [0.2, 0.25) is 0 Å². The van der Waals surface area contributed by atoms with Gasteiger partial charge in [-0.2, -0.15) is 5.10 Å². The molecule has 1 aromatic heterocycles. The van der Waals surface area contributed by atoms with Crippen molar-refractivity contribution >= 4 is 40.2 Å². The fourth-order valence-electron chi connectivity index (χ4n) is 3.10. The lowest BCUT2D eigenvalue weighted by Crippen LogP contribution is -2.17. The minimum atomic E-state index is -1.08. The summed E-state index contributed by atoms with van der Waals surface area (Å²) < 4.78 is 5.22. The van der Waals surface area contributed by atoms with Crippen LogP contribution in [0.5, 0.6) is 5.75 Å². The number of aryl methyl sites for hydroxylation is 1. The van der Waals surface area contributed by atoms with E-state index < -0.39 is 12.6 Å². The molecule has 0 radical (unpaired) electrons. The minimum Gasteiger partial charge on any atom is -0.481 e. The Morgan fingerprint density at radius 3 is 2.54 bits per heavy atom. The van der Waals surface area contributed by atoms with Crippen LogP contribution in [0.3, 0.4) is 0 Å². The molecule has 9 heteroatoms. The average molecular weight is 487 g/mol. The van der Waals surface area contributed by atoms with Crippen molar-refractivity contribution in [3.8, 4) is 17.0 Å². The number of hydrogen-bond donors (Lipinski definition) is 3. The van der Waals surface area contributed by atoms with Crippen molar-refractivity contribution in [2.24, 2.45) is 5.10 Å². The molecule has 4 rings (SSSR count). The van der Waals surface area contributed by atoms with Crippen LogP contribution in [0.2, 0.25) is 0 Å². The van der Waals surface area contributed by atoms with Crippen molar-refractivity contribution in [2.75, 3.05) is 11.9 Å². The van der Waals surface area contributed by atoms with E-state index in [4.69, 9.17) is 9.84 Å². The van der Waals surface area contributed by atoms with Gasteiger partial charge >= 0.3 is 5.97 Å². The third-order valence-electron chi connectivity index (χ3n) is 4.89. The second kappa shape index (κ2) is 11.1. The fraction of sp³-hybridized carbons (Fsp3) is 0.0769. The van der Waals surface area contributed by atoms with Crippen molar-refractivity contribution in [1.29, 1.82) is 0 Å². The number of anilines is 2. The van der Waals surface area contributed by atoms with Crippen LogP contribution < -0.4 is 15.5 Å². The summed E-state index contributed by atoms with van der Waals surface area (Å²) in [5.74, 6) is -1.10. The van der Waals surface area contributed by atoms with Crippen molar-refractivity contribution in [2.45, 2.75) is 6.92 Å². The number of ether oxygens (including phenoxy) is 1. The second-order valence-electron chi connectivity index (χ2n) is 7.53. The van der Waals surface area contributed by atoms with E-state index in [2.05, 4.69) is 20.8 Å². The third-order valence-corrected chi connectivity index (χ3v) is 5.65. The topological polar surface area (TPSA) is 113 Å². The van der Waals surface area contributed by atoms with Crippen LogP contribution in [-0.4, -0.2) is 34.8 Å². The van der Waals surface area contributed by atoms with Crippen LogP contribution in [0, 0.1) is 6.92 Å². The van der Waals surface area contributed by atoms with E-state index in [0.29, 0.717) is 16.9 Å². The van der Waals surface area contributed by atoms with Gasteiger partial charge in [0.15, 0.2) is 11.7 Å². The number of carboxylic acid groups (broad SMARTS) is 1. The molecule has 0 aliphatic heterocycles. The van der Waals surface area contributed by atoms with E-state index >= 15 is 0 Å². The van der Waals surface area contributed by atoms with Gasteiger partial charge in [0.25, 0.3) is 5.91 Å². The zero-order valence-corrected chi connectivity index (χ0v) is 19.6. The molecule has 1 amide bonds. The smallest absolute Gasteiger partial charge is 0.341 e. The number of amides is 1. The number of nitrogens with one attached hydrogen (secondary N) is 2. The van der Waals surface area contributed by atoms with Gasteiger partial charge in [-0.25, -0.2) is 15.2 Å². The van der Waals surface area contributed by atoms with Gasteiger partial charge in [0.1, 0.15) is 5.75 Å². The first-order valence-corrected chi connectivity index (χ1v) is 11.5. The van der Waals surface area contributed by atoms with Crippen molar-refractivity contribution in [3.63, 3.8) is 0 Å². The van der Waals surface area contributed by atoms with Crippen LogP contribution in [0.15, 0.2) is 83.3 Å². The standard InChI is InChI=1S/C26H22N4O4S/c1-17-6-12-21(13-7-17)28-26-29-22(16-35-26)18-8-10-19(11-9-18)25(33)30-27-14-20-4-2-3-5-23(20)34-15-24(31)32/h2-14,16H,15H2,1H3,(H,28,29)(H,30,33)(H,31,32)/b27-14-. The number of hydrogen-bond acceptors (Lipinski definition) is 7. The van der Waals surface area contributed by atoms with Gasteiger partial charge in [-0.1, -0.05) is 42.0 Å². The molecule has 8 nitrogen and oxygen atoms in total. The number of rotatable bonds is 9. The number of benzene rings is 3. The molecule has 0 saturated carbocycles. The Hall–Kier alpha value is -4.50. The summed E-state index contributed by atoms with van der Waals surface area (Å²) in [5, 5.41) is 18.8. The molecule has 0 aliphatic carbocycles. The van der Waals surface area contributed by atoms with Gasteiger partial charge < -0.3 is 15.2 Å². The maximum atomic E-state index is 12.5. The lowest BCUT2D eigenvalue weighted by molar-refractivity contribution is -0.139. The number of hydrazone groups is 1. The fourth-order valence-corrected chi connectivity index (χ4v) is 3.84. The highest BCUT2D eigenvalue weighted by molar-refractivity contribution is 7.14. The first kappa shape index (κ1) is 23.7. The molecule has 1 heterocycles. The molecule has 0 fully saturated rings. The zero-order chi connectivity index (χ0) is 24.6. The largest absolute Gasteiger partial charge is 0.481 e. The number of carbonyl (C=O) groups is 2. The Morgan fingerprint density at radius 1 is 1.06 bits per heavy atom. The average Bonchev–Trinajstić information content (AvgIpc) is 3.33. The second-order valence-corrected chi connectivity index (χ2v) is 8.38. The summed E-state index contributed by atoms with van der Waals surface area (Å²) in [4.78, 5) is 27.8. The highest BCUT2D eigenvalue weighted by Gasteiger charge is 2.09. The van der Waals surface area contributed by atoms with Crippen molar-refractivity contribution in [3.05, 3.63) is 94.9 Å². The molecule has 0 atom stereocenters. The highest BCUT2D eigenvalue weighted by Crippen LogP contribution is 2.27. The van der Waals surface area contributed by atoms with E-state index in [9.17, 15) is 9.59 Å². The molecule has 0 unspecified atom stereocenters. The minimum absolute atomic E-state index is 0.358. The Kier molecular flexibility index (Phi) is 7.49. The molecule has 35 heavy (non-hydrogen) atoms. The maximum absolute atomic E-state index is 12.5. The predicted molar refractivity (Wildman–Crippen MR) is 137 cm³/mol. The van der Waals surface area contributed by atoms with E-state index in [1.54, 1.807) is 36.4 Å². The number of carboxylic acids is 1. The van der Waals surface area contributed by atoms with Crippen LogP contribution in [0.4, 0.5) is 10.8 Å². The van der Waals surface area contributed by atoms with Crippen LogP contribution >= 0.6 is 11.3 Å². The monoisotopic (exact) mass is 486 g/mol. The Bertz CT molecular complexity index is 1350. The first-order chi connectivity index (χ1) is 17.0. The van der Waals surface area contributed by atoms with Crippen LogP contribution in [0.1, 0.15) is 21.5 Å². The molecule has 3 aromatic carbocycles. The Balaban J connectivity index is 1.36. The number of aromatic nitrogens is 1. The normalized spacial score (nSPS) is 10.8. The van der Waals surface area contributed by atoms with Gasteiger partial charge in [-0.05, 0) is 43.3 Å². The lowest BCUT2D eigenvalue weighted by atomic mass is 10.1. The van der Waals surface area contributed by atoms with Gasteiger partial charge in [0.05, 0.1) is 11.9 Å². The molecular weight excluding hydrogens is 464 g/mol. The van der Waals surface area contributed by atoms with E-state index in [0.717, 1.165) is 22.1 Å². The number of carbonyl (C=O) groups excluding carboxylic acids is 1. The predicted octanol–water partition coefficient (Wildman–Crippen LogP) is 5.09. The summed E-state index contributed by atoms with van der Waals surface area (Å²) in [6.45, 7) is 1.58. The summed E-state index contributed by atoms with van der Waals surface area (Å²) in [6.07, 6.45) is 1.40. The first-order valence-electron chi connectivity index (χ1n) is 10.6. The molecule has 4 aromatic rings. The van der Waals surface area contributed by atoms with Gasteiger partial charge in [-0.15, -0.1) is 11.3 Å². The third kappa shape index (κ3) is 6.52. The van der Waals surface area contributed by atoms with Crippen LogP contribution in [0.25, 0.3) is 11.3 Å². The molecule has 0 spiro atoms. The number of aliphatic carboxylic acids is 1. The number of para-hydroxylation sites is 1. The molecule has 3 N–H and O–H groups in total. The van der Waals surface area contributed by atoms with E-state index in [1.165, 1.54) is 23.1 Å². The molecule has 176 valence electrons. The van der Waals surface area contributed by atoms with Gasteiger partial charge in [-0.3, -0.25) is 4.79 Å². The summed E-state index contributed by atoms with van der Waals surface area (Å²) in [6, 6.07) is 22.0. The number of thiazole rings is 1. The SMILES string of the molecule is Cc1ccc(Nc2nc(-c3ccc(C(=O)N/N=C\c4ccccc4OCC(=O)O)cc3)cs2)cc1.